The van der Waals surface area contributed by atoms with Crippen molar-refractivity contribution in [2.75, 3.05) is 13.1 Å². The molecule has 1 fully saturated rings. The number of para-hydroxylation sites is 1. The Labute approximate surface area is 213 Å². The highest BCUT2D eigenvalue weighted by Gasteiger charge is 2.37. The summed E-state index contributed by atoms with van der Waals surface area (Å²) in [6.07, 6.45) is -1.03. The highest BCUT2D eigenvalue weighted by Crippen LogP contribution is 2.39. The highest BCUT2D eigenvalue weighted by atomic mass is 35.5. The van der Waals surface area contributed by atoms with Crippen LogP contribution in [-0.4, -0.2) is 38.3 Å². The number of hydrogen-bond acceptors (Lipinski definition) is 2. The van der Waals surface area contributed by atoms with E-state index in [2.05, 4.69) is 9.97 Å². The summed E-state index contributed by atoms with van der Waals surface area (Å²) in [5.74, 6) is -1.01. The lowest BCUT2D eigenvalue weighted by molar-refractivity contribution is -0.136. The molecule has 1 atom stereocenters. The molecule has 0 aliphatic carbocycles. The number of carbonyl (C=O) groups excluding carboxylic acids is 1. The highest BCUT2D eigenvalue weighted by molar-refractivity contribution is 6.33. The molecule has 0 saturated carbocycles. The first-order valence-electron chi connectivity index (χ1n) is 11.6. The average Bonchev–Trinajstić information content (AvgIpc) is 3.60. The van der Waals surface area contributed by atoms with E-state index in [0.717, 1.165) is 26.9 Å². The van der Waals surface area contributed by atoms with E-state index in [0.29, 0.717) is 25.1 Å². The van der Waals surface area contributed by atoms with E-state index in [-0.39, 0.29) is 28.1 Å². The van der Waals surface area contributed by atoms with E-state index in [4.69, 9.17) is 11.6 Å². The molecule has 2 aromatic carbocycles. The predicted molar refractivity (Wildman–Crippen MR) is 132 cm³/mol. The minimum atomic E-state index is -4.73. The number of rotatable bonds is 3. The summed E-state index contributed by atoms with van der Waals surface area (Å²) in [5, 5.41) is 0.560. The van der Waals surface area contributed by atoms with Crippen molar-refractivity contribution >= 4 is 34.1 Å². The van der Waals surface area contributed by atoms with Gasteiger partial charge in [0.1, 0.15) is 11.0 Å². The van der Waals surface area contributed by atoms with Crippen LogP contribution >= 0.6 is 11.6 Å². The Hall–Kier alpha value is -3.85. The van der Waals surface area contributed by atoms with Gasteiger partial charge in [0.2, 0.25) is 0 Å². The van der Waals surface area contributed by atoms with E-state index in [1.54, 1.807) is 24.4 Å². The van der Waals surface area contributed by atoms with Crippen LogP contribution in [0.5, 0.6) is 0 Å². The van der Waals surface area contributed by atoms with Crippen molar-refractivity contribution < 1.29 is 22.4 Å². The molecule has 4 heterocycles. The van der Waals surface area contributed by atoms with E-state index in [1.165, 1.54) is 23.2 Å². The van der Waals surface area contributed by atoms with Crippen LogP contribution in [-0.2, 0) is 6.18 Å². The third-order valence-electron chi connectivity index (χ3n) is 6.87. The fraction of sp³-hybridized carbons (Fsp3) is 0.185. The van der Waals surface area contributed by atoms with Gasteiger partial charge in [0.25, 0.3) is 5.91 Å². The molecule has 1 N–H and O–H groups in total. The van der Waals surface area contributed by atoms with Gasteiger partial charge in [-0.05, 0) is 36.2 Å². The van der Waals surface area contributed by atoms with Crippen LogP contribution in [0.3, 0.4) is 0 Å². The molecular weight excluding hydrogens is 508 g/mol. The molecule has 5 nitrogen and oxygen atoms in total. The summed E-state index contributed by atoms with van der Waals surface area (Å²) < 4.78 is 57.2. The Morgan fingerprint density at radius 2 is 1.92 bits per heavy atom. The van der Waals surface area contributed by atoms with Gasteiger partial charge in [0, 0.05) is 53.4 Å². The molecule has 37 heavy (non-hydrogen) atoms. The lowest BCUT2D eigenvalue weighted by atomic mass is 9.98. The van der Waals surface area contributed by atoms with Gasteiger partial charge in [-0.25, -0.2) is 9.37 Å². The standard InChI is InChI=1S/C27H19ClF4N4O/c28-24-23(26(37)35-9-8-16(13-35)15-4-3-5-18(29)10-15)34-25-21(27(30,31)32)11-17(14-36(24)25)20-12-33-22-7-2-1-6-19(20)22/h1-7,10-12,14,16,33H,8-9,13H2. The van der Waals surface area contributed by atoms with Crippen LogP contribution in [0.4, 0.5) is 17.6 Å². The largest absolute Gasteiger partial charge is 0.420 e. The molecule has 0 radical (unpaired) electrons. The monoisotopic (exact) mass is 526 g/mol. The minimum absolute atomic E-state index is 0.0883. The number of nitrogens with one attached hydrogen (secondary N) is 1. The third kappa shape index (κ3) is 4.03. The Morgan fingerprint density at radius 3 is 2.70 bits per heavy atom. The topological polar surface area (TPSA) is 53.4 Å². The fourth-order valence-electron chi connectivity index (χ4n) is 5.05. The van der Waals surface area contributed by atoms with Crippen LogP contribution in [0.15, 0.2) is 67.0 Å². The van der Waals surface area contributed by atoms with Crippen molar-refractivity contribution in [2.45, 2.75) is 18.5 Å². The summed E-state index contributed by atoms with van der Waals surface area (Å²) in [6, 6.07) is 14.5. The Morgan fingerprint density at radius 1 is 1.11 bits per heavy atom. The minimum Gasteiger partial charge on any atom is -0.361 e. The number of hydrogen-bond donors (Lipinski definition) is 1. The van der Waals surface area contributed by atoms with Gasteiger partial charge in [-0.1, -0.05) is 41.9 Å². The van der Waals surface area contributed by atoms with Crippen LogP contribution in [0, 0.1) is 5.82 Å². The van der Waals surface area contributed by atoms with E-state index in [9.17, 15) is 22.4 Å². The molecule has 3 aromatic heterocycles. The lowest BCUT2D eigenvalue weighted by Crippen LogP contribution is -2.29. The molecule has 1 unspecified atom stereocenters. The van der Waals surface area contributed by atoms with Crippen molar-refractivity contribution in [3.63, 3.8) is 0 Å². The zero-order chi connectivity index (χ0) is 25.9. The number of H-pyrrole nitrogens is 1. The maximum Gasteiger partial charge on any atom is 0.420 e. The average molecular weight is 527 g/mol. The van der Waals surface area contributed by atoms with Gasteiger partial charge in [-0.15, -0.1) is 0 Å². The number of aromatic nitrogens is 3. The second-order valence-electron chi connectivity index (χ2n) is 9.12. The summed E-state index contributed by atoms with van der Waals surface area (Å²) in [6.45, 7) is 0.649. The van der Waals surface area contributed by atoms with E-state index in [1.807, 2.05) is 18.2 Å². The van der Waals surface area contributed by atoms with Crippen molar-refractivity contribution in [3.8, 4) is 11.1 Å². The van der Waals surface area contributed by atoms with Crippen LogP contribution in [0.25, 0.3) is 27.7 Å². The molecular formula is C27H19ClF4N4O. The fourth-order valence-corrected chi connectivity index (χ4v) is 5.30. The molecule has 10 heteroatoms. The van der Waals surface area contributed by atoms with Crippen LogP contribution in [0.1, 0.15) is 34.0 Å². The predicted octanol–water partition coefficient (Wildman–Crippen LogP) is 6.92. The number of amides is 1. The van der Waals surface area contributed by atoms with Gasteiger partial charge < -0.3 is 9.88 Å². The zero-order valence-corrected chi connectivity index (χ0v) is 19.9. The van der Waals surface area contributed by atoms with Crippen molar-refractivity contribution in [2.24, 2.45) is 0 Å². The summed E-state index contributed by atoms with van der Waals surface area (Å²) in [7, 11) is 0. The second-order valence-corrected chi connectivity index (χ2v) is 9.48. The number of halogens is 5. The normalized spacial score (nSPS) is 16.2. The molecule has 1 aliphatic rings. The number of aromatic amines is 1. The number of alkyl halides is 3. The van der Waals surface area contributed by atoms with Crippen molar-refractivity contribution in [1.29, 1.82) is 0 Å². The maximum absolute atomic E-state index is 14.1. The van der Waals surface area contributed by atoms with Crippen molar-refractivity contribution in [3.05, 3.63) is 94.8 Å². The van der Waals surface area contributed by atoms with E-state index < -0.39 is 23.3 Å². The van der Waals surface area contributed by atoms with Crippen molar-refractivity contribution in [1.82, 2.24) is 19.3 Å². The number of fused-ring (bicyclic) bond motifs is 2. The number of imidazole rings is 1. The molecule has 1 saturated heterocycles. The molecule has 0 bridgehead atoms. The van der Waals surface area contributed by atoms with Gasteiger partial charge in [-0.3, -0.25) is 9.20 Å². The number of likely N-dealkylation sites (tertiary alicyclic amines) is 1. The quantitative estimate of drug-likeness (QED) is 0.259. The molecule has 1 amide bonds. The second kappa shape index (κ2) is 8.62. The first kappa shape index (κ1) is 23.5. The van der Waals surface area contributed by atoms with E-state index >= 15 is 0 Å². The number of pyridine rings is 1. The number of carbonyl (C=O) groups is 1. The van der Waals surface area contributed by atoms with Gasteiger partial charge >= 0.3 is 6.18 Å². The molecule has 0 spiro atoms. The number of benzene rings is 2. The van der Waals surface area contributed by atoms with Gasteiger partial charge in [0.05, 0.1) is 5.56 Å². The molecule has 188 valence electrons. The maximum atomic E-state index is 14.1. The first-order valence-corrected chi connectivity index (χ1v) is 12.0. The zero-order valence-electron chi connectivity index (χ0n) is 19.2. The molecule has 6 rings (SSSR count). The molecule has 1 aliphatic heterocycles. The van der Waals surface area contributed by atoms with Gasteiger partial charge in [0.15, 0.2) is 11.3 Å². The lowest BCUT2D eigenvalue weighted by Gasteiger charge is -2.15. The third-order valence-corrected chi connectivity index (χ3v) is 7.23. The summed E-state index contributed by atoms with van der Waals surface area (Å²) in [4.78, 5) is 22.0. The van der Waals surface area contributed by atoms with Crippen LogP contribution in [0.2, 0.25) is 5.15 Å². The summed E-state index contributed by atoms with van der Waals surface area (Å²) >= 11 is 6.51. The Kier molecular flexibility index (Phi) is 5.49. The SMILES string of the molecule is O=C(c1nc2c(C(F)(F)F)cc(-c3c[nH]c4ccccc34)cn2c1Cl)N1CCC(c2cccc(F)c2)C1. The summed E-state index contributed by atoms with van der Waals surface area (Å²) in [5.41, 5.74) is 0.713. The Balaban J connectivity index is 1.41. The smallest absolute Gasteiger partial charge is 0.361 e. The first-order chi connectivity index (χ1) is 17.7. The number of nitrogens with zero attached hydrogens (tertiary/aromatic N) is 3. The van der Waals surface area contributed by atoms with Gasteiger partial charge in [-0.2, -0.15) is 13.2 Å². The van der Waals surface area contributed by atoms with Crippen LogP contribution < -0.4 is 0 Å². The Bertz CT molecular complexity index is 1670. The molecule has 5 aromatic rings.